The largest absolute Gasteiger partial charge is 0.278 e. The third-order valence-corrected chi connectivity index (χ3v) is 1.06. The van der Waals surface area contributed by atoms with Crippen molar-refractivity contribution in [1.29, 1.82) is 0 Å². The van der Waals surface area contributed by atoms with Crippen molar-refractivity contribution in [1.82, 2.24) is 4.90 Å². The smallest absolute Gasteiger partial charge is 0.157 e. The Morgan fingerprint density at radius 1 is 1.25 bits per heavy atom. The molecule has 0 aliphatic rings. The average Bonchev–Trinajstić information content (AvgIpc) is 1.31. The fourth-order valence-electron chi connectivity index (χ4n) is 0. The highest BCUT2D eigenvalue weighted by atomic mass is 35.5. The Labute approximate surface area is 56.3 Å². The molecular weight excluding hydrogens is 129 g/mol. The Kier molecular flexibility index (Phi) is 4.49. The summed E-state index contributed by atoms with van der Waals surface area (Å²) in [5.41, 5.74) is 0. The van der Waals surface area contributed by atoms with Crippen LogP contribution in [-0.4, -0.2) is 24.8 Å². The molecule has 0 aliphatic carbocycles. The molecule has 0 amide bonds. The van der Waals surface area contributed by atoms with Crippen molar-refractivity contribution in [3.8, 4) is 0 Å². The van der Waals surface area contributed by atoms with Gasteiger partial charge in [0.2, 0.25) is 0 Å². The van der Waals surface area contributed by atoms with Gasteiger partial charge >= 0.3 is 0 Å². The molecule has 0 aromatic heterocycles. The van der Waals surface area contributed by atoms with E-state index in [0.29, 0.717) is 0 Å². The van der Waals surface area contributed by atoms with Crippen molar-refractivity contribution in [2.45, 2.75) is 19.6 Å². The monoisotopic (exact) mass is 141 g/mol. The van der Waals surface area contributed by atoms with E-state index in [2.05, 4.69) is 0 Å². The maximum atomic E-state index is 12.4. The van der Waals surface area contributed by atoms with Gasteiger partial charge in [-0.3, -0.25) is 4.90 Å². The van der Waals surface area contributed by atoms with Crippen molar-refractivity contribution in [2.24, 2.45) is 0 Å². The second-order valence-corrected chi connectivity index (χ2v) is 2.30. The number of hydrogen-bond acceptors (Lipinski definition) is 1. The fourth-order valence-corrected chi connectivity index (χ4v) is 0. The summed E-state index contributed by atoms with van der Waals surface area (Å²) in [5.74, 6) is -1.17. The molecule has 0 heterocycles. The molecule has 0 aromatic rings. The van der Waals surface area contributed by atoms with Crippen molar-refractivity contribution in [3.05, 3.63) is 0 Å². The molecule has 8 heavy (non-hydrogen) atoms. The first-order valence-corrected chi connectivity index (χ1v) is 2.31. The lowest BCUT2D eigenvalue weighted by atomic mass is 10.3. The van der Waals surface area contributed by atoms with Gasteiger partial charge in [-0.2, -0.15) is 0 Å². The van der Waals surface area contributed by atoms with Crippen LogP contribution in [0.3, 0.4) is 0 Å². The average molecular weight is 142 g/mol. The van der Waals surface area contributed by atoms with E-state index in [1.807, 2.05) is 0 Å². The number of hydrogen-bond donors (Lipinski definition) is 0. The lowest BCUT2D eigenvalue weighted by Gasteiger charge is -2.22. The topological polar surface area (TPSA) is 3.24 Å². The highest BCUT2D eigenvalue weighted by molar-refractivity contribution is 5.85. The summed E-state index contributed by atoms with van der Waals surface area (Å²) in [7, 11) is 3.42. The first-order chi connectivity index (χ1) is 2.94. The summed E-state index contributed by atoms with van der Waals surface area (Å²) in [5, 5.41) is 0. The zero-order valence-corrected chi connectivity index (χ0v) is 6.55. The van der Waals surface area contributed by atoms with Crippen molar-refractivity contribution in [3.63, 3.8) is 0 Å². The van der Waals surface area contributed by atoms with Crippen LogP contribution in [0.15, 0.2) is 0 Å². The summed E-state index contributed by atoms with van der Waals surface area (Å²) in [6.45, 7) is 3.04. The number of rotatable bonds is 1. The summed E-state index contributed by atoms with van der Waals surface area (Å²) in [6.07, 6.45) is 0. The normalized spacial score (nSPS) is 11.2. The van der Waals surface area contributed by atoms with Crippen molar-refractivity contribution >= 4 is 12.4 Å². The molecule has 1 nitrogen and oxygen atoms in total. The molecule has 0 saturated heterocycles. The summed E-state index contributed by atoms with van der Waals surface area (Å²) < 4.78 is 12.4. The Morgan fingerprint density at radius 3 is 1.38 bits per heavy atom. The van der Waals surface area contributed by atoms with E-state index < -0.39 is 5.79 Å². The molecule has 0 rings (SSSR count). The number of halogens is 2. The molecule has 3 heteroatoms. The minimum atomic E-state index is -1.17. The molecular formula is C5H13ClFN. The lowest BCUT2D eigenvalue weighted by Crippen LogP contribution is -2.32. The van der Waals surface area contributed by atoms with Crippen LogP contribution in [0.2, 0.25) is 0 Å². The summed E-state index contributed by atoms with van der Waals surface area (Å²) >= 11 is 0. The van der Waals surface area contributed by atoms with Crippen LogP contribution < -0.4 is 0 Å². The van der Waals surface area contributed by atoms with Crippen LogP contribution in [0, 0.1) is 0 Å². The lowest BCUT2D eigenvalue weighted by molar-refractivity contribution is 0.0416. The van der Waals surface area contributed by atoms with Gasteiger partial charge in [0.05, 0.1) is 0 Å². The third kappa shape index (κ3) is 4.34. The molecule has 0 saturated carbocycles. The second-order valence-electron chi connectivity index (χ2n) is 2.30. The Balaban J connectivity index is 0. The fraction of sp³-hybridized carbons (Fsp3) is 1.00. The van der Waals surface area contributed by atoms with E-state index >= 15 is 0 Å². The van der Waals surface area contributed by atoms with Crippen LogP contribution in [-0.2, 0) is 0 Å². The molecule has 0 aromatic carbocycles. The van der Waals surface area contributed by atoms with Gasteiger partial charge in [0.15, 0.2) is 5.79 Å². The van der Waals surface area contributed by atoms with Crippen molar-refractivity contribution < 1.29 is 4.39 Å². The Morgan fingerprint density at radius 2 is 1.38 bits per heavy atom. The van der Waals surface area contributed by atoms with Gasteiger partial charge < -0.3 is 0 Å². The van der Waals surface area contributed by atoms with Crippen LogP contribution in [0.5, 0.6) is 0 Å². The number of alkyl halides is 1. The predicted molar refractivity (Wildman–Crippen MR) is 36.1 cm³/mol. The van der Waals surface area contributed by atoms with Crippen LogP contribution in [0.1, 0.15) is 13.8 Å². The molecule has 52 valence electrons. The number of nitrogens with zero attached hydrogens (tertiary/aromatic N) is 1. The molecule has 0 aliphatic heterocycles. The highest BCUT2D eigenvalue weighted by Gasteiger charge is 2.16. The Bertz CT molecular complexity index is 57.9. The van der Waals surface area contributed by atoms with E-state index in [-0.39, 0.29) is 12.4 Å². The molecule has 0 fully saturated rings. The van der Waals surface area contributed by atoms with Crippen LogP contribution in [0.4, 0.5) is 4.39 Å². The summed E-state index contributed by atoms with van der Waals surface area (Å²) in [6, 6.07) is 0. The van der Waals surface area contributed by atoms with Gasteiger partial charge in [0.25, 0.3) is 0 Å². The minimum absolute atomic E-state index is 0. The zero-order valence-electron chi connectivity index (χ0n) is 5.73. The first-order valence-electron chi connectivity index (χ1n) is 2.31. The van der Waals surface area contributed by atoms with Gasteiger partial charge in [-0.15, -0.1) is 12.4 Å². The second kappa shape index (κ2) is 3.25. The SMILES string of the molecule is CN(C)C(C)(C)F.Cl. The molecule has 0 spiro atoms. The predicted octanol–water partition coefficient (Wildman–Crippen LogP) is 1.68. The van der Waals surface area contributed by atoms with Gasteiger partial charge in [-0.05, 0) is 27.9 Å². The summed E-state index contributed by atoms with van der Waals surface area (Å²) in [4.78, 5) is 1.52. The molecule has 0 N–H and O–H groups in total. The quantitative estimate of drug-likeness (QED) is 0.503. The molecule has 0 unspecified atom stereocenters. The van der Waals surface area contributed by atoms with Crippen LogP contribution >= 0.6 is 12.4 Å². The standard InChI is InChI=1S/C5H12FN.ClH/c1-5(2,6)7(3)4;/h1-4H3;1H. The third-order valence-electron chi connectivity index (χ3n) is 1.06. The van der Waals surface area contributed by atoms with Gasteiger partial charge in [0.1, 0.15) is 0 Å². The molecule has 0 bridgehead atoms. The molecule has 0 atom stereocenters. The van der Waals surface area contributed by atoms with E-state index in [0.717, 1.165) is 0 Å². The zero-order chi connectivity index (χ0) is 6.08. The van der Waals surface area contributed by atoms with Crippen LogP contribution in [0.25, 0.3) is 0 Å². The highest BCUT2D eigenvalue weighted by Crippen LogP contribution is 2.09. The maximum Gasteiger partial charge on any atom is 0.157 e. The van der Waals surface area contributed by atoms with E-state index in [4.69, 9.17) is 0 Å². The van der Waals surface area contributed by atoms with E-state index in [1.165, 1.54) is 18.7 Å². The minimum Gasteiger partial charge on any atom is -0.278 e. The van der Waals surface area contributed by atoms with Gasteiger partial charge in [-0.1, -0.05) is 0 Å². The first kappa shape index (κ1) is 11.0. The van der Waals surface area contributed by atoms with E-state index in [1.54, 1.807) is 14.1 Å². The van der Waals surface area contributed by atoms with E-state index in [9.17, 15) is 4.39 Å². The van der Waals surface area contributed by atoms with Gasteiger partial charge in [0, 0.05) is 0 Å². The Hall–Kier alpha value is 0.180. The van der Waals surface area contributed by atoms with Gasteiger partial charge in [-0.25, -0.2) is 4.39 Å². The maximum absolute atomic E-state index is 12.4. The van der Waals surface area contributed by atoms with Crippen molar-refractivity contribution in [2.75, 3.05) is 14.1 Å². The molecule has 0 radical (unpaired) electrons.